The van der Waals surface area contributed by atoms with Crippen molar-refractivity contribution >= 4 is 0 Å². The summed E-state index contributed by atoms with van der Waals surface area (Å²) in [4.78, 5) is 0. The number of nitrogens with two attached hydrogens (primary N) is 1. The first kappa shape index (κ1) is 11.8. The van der Waals surface area contributed by atoms with Gasteiger partial charge in [0, 0.05) is 12.5 Å². The normalized spacial score (nSPS) is 19.2. The summed E-state index contributed by atoms with van der Waals surface area (Å²) >= 11 is 0. The SMILES string of the molecule is CC(CO)C(N)NC(C)C(O)O. The lowest BCUT2D eigenvalue weighted by Crippen LogP contribution is -2.51. The van der Waals surface area contributed by atoms with E-state index in [2.05, 4.69) is 5.32 Å². The molecule has 0 bridgehead atoms. The van der Waals surface area contributed by atoms with Crippen LogP contribution in [0.25, 0.3) is 0 Å². The average Bonchev–Trinajstić information content (AvgIpc) is 2.02. The second-order valence-electron chi connectivity index (χ2n) is 3.05. The first-order chi connectivity index (χ1) is 5.49. The van der Waals surface area contributed by atoms with Gasteiger partial charge in [0.2, 0.25) is 0 Å². The van der Waals surface area contributed by atoms with Crippen LogP contribution in [0.2, 0.25) is 0 Å². The van der Waals surface area contributed by atoms with Gasteiger partial charge in [-0.05, 0) is 6.92 Å². The molecule has 0 aliphatic carbocycles. The van der Waals surface area contributed by atoms with Gasteiger partial charge in [-0.3, -0.25) is 5.32 Å². The van der Waals surface area contributed by atoms with Crippen LogP contribution in [-0.2, 0) is 0 Å². The van der Waals surface area contributed by atoms with E-state index in [1.807, 2.05) is 0 Å². The van der Waals surface area contributed by atoms with E-state index in [9.17, 15) is 0 Å². The standard InChI is InChI=1S/C7H18N2O3/c1-4(3-10)6(8)9-5(2)7(11)12/h4-7,9-12H,3,8H2,1-2H3. The second-order valence-corrected chi connectivity index (χ2v) is 3.05. The van der Waals surface area contributed by atoms with Crippen molar-refractivity contribution in [1.29, 1.82) is 0 Å². The topological polar surface area (TPSA) is 98.7 Å². The fourth-order valence-corrected chi connectivity index (χ4v) is 0.667. The van der Waals surface area contributed by atoms with Crippen molar-refractivity contribution in [3.8, 4) is 0 Å². The third-order valence-electron chi connectivity index (χ3n) is 1.80. The zero-order chi connectivity index (χ0) is 9.72. The molecule has 3 unspecified atom stereocenters. The lowest BCUT2D eigenvalue weighted by Gasteiger charge is -2.24. The predicted molar refractivity (Wildman–Crippen MR) is 45.0 cm³/mol. The molecule has 0 amide bonds. The minimum absolute atomic E-state index is 0.0254. The van der Waals surface area contributed by atoms with Crippen LogP contribution in [-0.4, -0.2) is 40.4 Å². The molecule has 0 aliphatic rings. The van der Waals surface area contributed by atoms with Crippen LogP contribution in [0.4, 0.5) is 0 Å². The van der Waals surface area contributed by atoms with Crippen molar-refractivity contribution in [1.82, 2.24) is 5.32 Å². The van der Waals surface area contributed by atoms with Gasteiger partial charge in [-0.15, -0.1) is 0 Å². The second kappa shape index (κ2) is 5.45. The Labute approximate surface area is 72.2 Å². The van der Waals surface area contributed by atoms with E-state index in [0.717, 1.165) is 0 Å². The number of rotatable bonds is 5. The highest BCUT2D eigenvalue weighted by atomic mass is 16.5. The molecule has 0 saturated heterocycles. The Morgan fingerprint density at radius 3 is 2.17 bits per heavy atom. The van der Waals surface area contributed by atoms with E-state index < -0.39 is 18.5 Å². The zero-order valence-corrected chi connectivity index (χ0v) is 7.44. The summed E-state index contributed by atoms with van der Waals surface area (Å²) < 4.78 is 0. The molecular formula is C7H18N2O3. The molecule has 0 aliphatic heterocycles. The van der Waals surface area contributed by atoms with Gasteiger partial charge in [0.05, 0.1) is 12.2 Å². The summed E-state index contributed by atoms with van der Waals surface area (Å²) in [6, 6.07) is -0.492. The van der Waals surface area contributed by atoms with Crippen LogP contribution >= 0.6 is 0 Å². The van der Waals surface area contributed by atoms with Gasteiger partial charge < -0.3 is 21.1 Å². The van der Waals surface area contributed by atoms with Gasteiger partial charge in [-0.2, -0.15) is 0 Å². The van der Waals surface area contributed by atoms with Gasteiger partial charge in [-0.25, -0.2) is 0 Å². The number of nitrogens with one attached hydrogen (secondary N) is 1. The van der Waals surface area contributed by atoms with Gasteiger partial charge >= 0.3 is 0 Å². The highest BCUT2D eigenvalue weighted by Gasteiger charge is 2.17. The van der Waals surface area contributed by atoms with Crippen molar-refractivity contribution < 1.29 is 15.3 Å². The van der Waals surface area contributed by atoms with Crippen molar-refractivity contribution in [2.24, 2.45) is 11.7 Å². The van der Waals surface area contributed by atoms with Crippen LogP contribution in [0.1, 0.15) is 13.8 Å². The van der Waals surface area contributed by atoms with Crippen LogP contribution in [0.3, 0.4) is 0 Å². The van der Waals surface area contributed by atoms with Gasteiger partial charge in [0.15, 0.2) is 6.29 Å². The van der Waals surface area contributed by atoms with Crippen molar-refractivity contribution in [2.45, 2.75) is 32.3 Å². The predicted octanol–water partition coefficient (Wildman–Crippen LogP) is -1.81. The summed E-state index contributed by atoms with van der Waals surface area (Å²) in [7, 11) is 0. The maximum atomic E-state index is 8.71. The van der Waals surface area contributed by atoms with E-state index in [0.29, 0.717) is 0 Å². The number of aliphatic hydroxyl groups is 3. The maximum absolute atomic E-state index is 8.71. The molecule has 5 nitrogen and oxygen atoms in total. The minimum Gasteiger partial charge on any atom is -0.396 e. The van der Waals surface area contributed by atoms with Gasteiger partial charge in [-0.1, -0.05) is 6.92 Å². The molecule has 0 aromatic carbocycles. The van der Waals surface area contributed by atoms with Crippen molar-refractivity contribution in [3.63, 3.8) is 0 Å². The molecule has 3 atom stereocenters. The Hall–Kier alpha value is -0.200. The van der Waals surface area contributed by atoms with Crippen LogP contribution in [0.5, 0.6) is 0 Å². The van der Waals surface area contributed by atoms with Crippen LogP contribution in [0.15, 0.2) is 0 Å². The van der Waals surface area contributed by atoms with E-state index in [-0.39, 0.29) is 12.5 Å². The molecule has 0 saturated carbocycles. The molecule has 0 radical (unpaired) electrons. The monoisotopic (exact) mass is 178 g/mol. The Morgan fingerprint density at radius 1 is 1.33 bits per heavy atom. The van der Waals surface area contributed by atoms with Gasteiger partial charge in [0.1, 0.15) is 0 Å². The Morgan fingerprint density at radius 2 is 1.83 bits per heavy atom. The largest absolute Gasteiger partial charge is 0.396 e. The first-order valence-electron chi connectivity index (χ1n) is 3.97. The van der Waals surface area contributed by atoms with Gasteiger partial charge in [0.25, 0.3) is 0 Å². The van der Waals surface area contributed by atoms with Crippen LogP contribution < -0.4 is 11.1 Å². The minimum atomic E-state index is -1.43. The third-order valence-corrected chi connectivity index (χ3v) is 1.80. The number of aliphatic hydroxyl groups excluding tert-OH is 2. The molecule has 0 heterocycles. The Kier molecular flexibility index (Phi) is 5.36. The number of hydrogen-bond acceptors (Lipinski definition) is 5. The average molecular weight is 178 g/mol. The van der Waals surface area contributed by atoms with Crippen LogP contribution in [0, 0.1) is 5.92 Å². The Balaban J connectivity index is 3.75. The van der Waals surface area contributed by atoms with Crippen molar-refractivity contribution in [3.05, 3.63) is 0 Å². The fraction of sp³-hybridized carbons (Fsp3) is 1.00. The third kappa shape index (κ3) is 3.99. The molecule has 5 heteroatoms. The highest BCUT2D eigenvalue weighted by molar-refractivity contribution is 4.71. The molecule has 12 heavy (non-hydrogen) atoms. The zero-order valence-electron chi connectivity index (χ0n) is 7.44. The van der Waals surface area contributed by atoms with E-state index in [1.54, 1.807) is 13.8 Å². The Bertz CT molecular complexity index is 121. The molecule has 0 aromatic heterocycles. The van der Waals surface area contributed by atoms with E-state index in [4.69, 9.17) is 21.1 Å². The summed E-state index contributed by atoms with van der Waals surface area (Å²) in [5, 5.41) is 28.9. The molecule has 0 spiro atoms. The summed E-state index contributed by atoms with van der Waals surface area (Å²) in [5.41, 5.74) is 5.57. The molecule has 6 N–H and O–H groups in total. The quantitative estimate of drug-likeness (QED) is 0.320. The first-order valence-corrected chi connectivity index (χ1v) is 3.97. The lowest BCUT2D eigenvalue weighted by molar-refractivity contribution is -0.0663. The molecule has 74 valence electrons. The number of hydrogen-bond donors (Lipinski definition) is 5. The fourth-order valence-electron chi connectivity index (χ4n) is 0.667. The molecule has 0 rings (SSSR count). The summed E-state index contributed by atoms with van der Waals surface area (Å²) in [5.74, 6) is -0.105. The van der Waals surface area contributed by atoms with E-state index >= 15 is 0 Å². The van der Waals surface area contributed by atoms with Crippen molar-refractivity contribution in [2.75, 3.05) is 6.61 Å². The summed E-state index contributed by atoms with van der Waals surface area (Å²) in [6.07, 6.45) is -1.85. The molecule has 0 aromatic rings. The molecular weight excluding hydrogens is 160 g/mol. The smallest absolute Gasteiger partial charge is 0.166 e. The highest BCUT2D eigenvalue weighted by Crippen LogP contribution is 1.98. The maximum Gasteiger partial charge on any atom is 0.166 e. The summed E-state index contributed by atoms with van der Waals surface area (Å²) in [6.45, 7) is 3.35. The van der Waals surface area contributed by atoms with E-state index in [1.165, 1.54) is 0 Å². The lowest BCUT2D eigenvalue weighted by atomic mass is 10.1. The molecule has 0 fully saturated rings.